The van der Waals surface area contributed by atoms with Crippen molar-refractivity contribution in [1.29, 1.82) is 0 Å². The van der Waals surface area contributed by atoms with Gasteiger partial charge in [-0.1, -0.05) is 6.92 Å². The van der Waals surface area contributed by atoms with Crippen molar-refractivity contribution in [2.45, 2.75) is 68.8 Å². The van der Waals surface area contributed by atoms with Gasteiger partial charge in [0.05, 0.1) is 58.7 Å². The number of nitrogens with one attached hydrogen (secondary N) is 1. The molecule has 13 heteroatoms. The van der Waals surface area contributed by atoms with E-state index in [0.29, 0.717) is 41.1 Å². The quantitative estimate of drug-likeness (QED) is 0.279. The summed E-state index contributed by atoms with van der Waals surface area (Å²) in [4.78, 5) is 41.6. The van der Waals surface area contributed by atoms with Crippen molar-refractivity contribution in [3.8, 4) is 11.4 Å². The monoisotopic (exact) mass is 576 g/mol. The molecule has 1 N–H and O–H groups in total. The first-order chi connectivity index (χ1) is 19.8. The van der Waals surface area contributed by atoms with E-state index in [0.717, 1.165) is 42.6 Å². The van der Waals surface area contributed by atoms with Crippen LogP contribution in [0.25, 0.3) is 22.6 Å². The van der Waals surface area contributed by atoms with Gasteiger partial charge in [0.2, 0.25) is 0 Å². The standard InChI is InChI=1S/C28H32N8O4S/c1-4-41(38,39)20-10-9-19(29-12-20)11-30-26-28(37)36(16(2)14-40-3)27-21(34-26)13-31-25(35-27)22-23(17-5-6-17)32-15-33-24(22)18-7-8-18/h9-10,12-13,15-18H,4-8,11,14H2,1-3H3,(H,30,34). The molecule has 12 nitrogen and oxygen atoms in total. The summed E-state index contributed by atoms with van der Waals surface area (Å²) in [5, 5.41) is 3.07. The van der Waals surface area contributed by atoms with Crippen LogP contribution < -0.4 is 10.9 Å². The van der Waals surface area contributed by atoms with Gasteiger partial charge in [0.1, 0.15) is 11.8 Å². The van der Waals surface area contributed by atoms with Gasteiger partial charge < -0.3 is 10.1 Å². The van der Waals surface area contributed by atoms with Crippen LogP contribution in [0, 0.1) is 0 Å². The van der Waals surface area contributed by atoms with Crippen molar-refractivity contribution in [2.75, 3.05) is 24.8 Å². The van der Waals surface area contributed by atoms with Crippen LogP contribution in [0.3, 0.4) is 0 Å². The van der Waals surface area contributed by atoms with E-state index in [1.165, 1.54) is 12.3 Å². The van der Waals surface area contributed by atoms with Gasteiger partial charge in [-0.3, -0.25) is 14.3 Å². The summed E-state index contributed by atoms with van der Waals surface area (Å²) in [7, 11) is -1.76. The molecule has 41 heavy (non-hydrogen) atoms. The van der Waals surface area contributed by atoms with E-state index in [2.05, 4.69) is 25.3 Å². The molecule has 0 bridgehead atoms. The zero-order chi connectivity index (χ0) is 28.7. The Hall–Kier alpha value is -3.84. The lowest BCUT2D eigenvalue weighted by Gasteiger charge is -2.19. The average molecular weight is 577 g/mol. The molecule has 4 aromatic heterocycles. The van der Waals surface area contributed by atoms with E-state index in [9.17, 15) is 13.2 Å². The molecular weight excluding hydrogens is 544 g/mol. The van der Waals surface area contributed by atoms with Crippen LogP contribution in [0.1, 0.15) is 74.5 Å². The summed E-state index contributed by atoms with van der Waals surface area (Å²) in [6.45, 7) is 3.95. The number of pyridine rings is 1. The minimum Gasteiger partial charge on any atom is -0.383 e. The number of nitrogens with zero attached hydrogens (tertiary/aromatic N) is 7. The molecule has 2 aliphatic carbocycles. The molecule has 0 radical (unpaired) electrons. The molecule has 2 aliphatic rings. The third-order valence-corrected chi connectivity index (χ3v) is 9.23. The largest absolute Gasteiger partial charge is 0.383 e. The number of aromatic nitrogens is 7. The van der Waals surface area contributed by atoms with Crippen molar-refractivity contribution in [1.82, 2.24) is 34.5 Å². The molecule has 2 fully saturated rings. The topological polar surface area (TPSA) is 155 Å². The zero-order valence-electron chi connectivity index (χ0n) is 23.2. The molecule has 0 amide bonds. The van der Waals surface area contributed by atoms with E-state index >= 15 is 0 Å². The van der Waals surface area contributed by atoms with E-state index in [1.807, 2.05) is 6.92 Å². The number of methoxy groups -OCH3 is 1. The van der Waals surface area contributed by atoms with E-state index in [1.54, 1.807) is 37.2 Å². The molecule has 214 valence electrons. The number of sulfone groups is 1. The van der Waals surface area contributed by atoms with Gasteiger partial charge in [-0.2, -0.15) is 0 Å². The second-order valence-corrected chi connectivity index (χ2v) is 12.9. The Kier molecular flexibility index (Phi) is 7.24. The number of rotatable bonds is 11. The summed E-state index contributed by atoms with van der Waals surface area (Å²) < 4.78 is 31.2. The number of hydrogen-bond acceptors (Lipinski definition) is 11. The Balaban J connectivity index is 1.39. The van der Waals surface area contributed by atoms with Crippen LogP contribution in [0.15, 0.2) is 40.5 Å². The van der Waals surface area contributed by atoms with Crippen LogP contribution >= 0.6 is 0 Å². The second kappa shape index (κ2) is 10.9. The Morgan fingerprint density at radius 2 is 1.73 bits per heavy atom. The maximum absolute atomic E-state index is 13.8. The van der Waals surface area contributed by atoms with Crippen LogP contribution in [-0.2, 0) is 21.1 Å². The fourth-order valence-electron chi connectivity index (χ4n) is 4.98. The van der Waals surface area contributed by atoms with Gasteiger partial charge >= 0.3 is 0 Å². The lowest BCUT2D eigenvalue weighted by atomic mass is 10.0. The van der Waals surface area contributed by atoms with E-state index < -0.39 is 9.84 Å². The molecule has 0 aromatic carbocycles. The van der Waals surface area contributed by atoms with Crippen LogP contribution in [0.5, 0.6) is 0 Å². The first-order valence-corrected chi connectivity index (χ1v) is 15.5. The first-order valence-electron chi connectivity index (χ1n) is 13.9. The fourth-order valence-corrected chi connectivity index (χ4v) is 5.80. The maximum atomic E-state index is 13.8. The van der Waals surface area contributed by atoms with Gasteiger partial charge in [0.15, 0.2) is 27.1 Å². The summed E-state index contributed by atoms with van der Waals surface area (Å²) >= 11 is 0. The predicted molar refractivity (Wildman–Crippen MR) is 152 cm³/mol. The Morgan fingerprint density at radius 3 is 2.32 bits per heavy atom. The fraction of sp³-hybridized carbons (Fsp3) is 0.464. The minimum atomic E-state index is -3.35. The molecule has 2 saturated carbocycles. The first kappa shape index (κ1) is 27.3. The molecule has 6 rings (SSSR count). The van der Waals surface area contributed by atoms with Gasteiger partial charge in [-0.25, -0.2) is 33.3 Å². The van der Waals surface area contributed by atoms with Crippen molar-refractivity contribution in [3.63, 3.8) is 0 Å². The average Bonchev–Trinajstić information content (AvgIpc) is 3.89. The van der Waals surface area contributed by atoms with Crippen molar-refractivity contribution < 1.29 is 13.2 Å². The summed E-state index contributed by atoms with van der Waals surface area (Å²) in [5.74, 6) is 1.39. The minimum absolute atomic E-state index is 0.00262. The normalized spacial score (nSPS) is 16.2. The summed E-state index contributed by atoms with van der Waals surface area (Å²) in [6.07, 6.45) is 8.95. The van der Waals surface area contributed by atoms with Gasteiger partial charge in [-0.05, 0) is 44.7 Å². The van der Waals surface area contributed by atoms with Crippen LogP contribution in [0.4, 0.5) is 5.82 Å². The number of fused-ring (bicyclic) bond motifs is 1. The highest BCUT2D eigenvalue weighted by atomic mass is 32.2. The van der Waals surface area contributed by atoms with Gasteiger partial charge in [0.25, 0.3) is 5.56 Å². The van der Waals surface area contributed by atoms with Gasteiger partial charge in [0, 0.05) is 25.1 Å². The van der Waals surface area contributed by atoms with Crippen molar-refractivity contribution in [2.24, 2.45) is 0 Å². The van der Waals surface area contributed by atoms with E-state index in [-0.39, 0.29) is 34.6 Å². The molecule has 4 heterocycles. The van der Waals surface area contributed by atoms with Crippen molar-refractivity contribution >= 4 is 26.8 Å². The lowest BCUT2D eigenvalue weighted by Crippen LogP contribution is -2.30. The maximum Gasteiger partial charge on any atom is 0.295 e. The summed E-state index contributed by atoms with van der Waals surface area (Å²) in [6, 6.07) is 2.80. The van der Waals surface area contributed by atoms with Crippen LogP contribution in [-0.4, -0.2) is 62.4 Å². The number of anilines is 1. The van der Waals surface area contributed by atoms with Crippen LogP contribution in [0.2, 0.25) is 0 Å². The Bertz CT molecular complexity index is 1740. The number of ether oxygens (including phenoxy) is 1. The highest BCUT2D eigenvalue weighted by Crippen LogP contribution is 2.48. The molecular formula is C28H32N8O4S. The molecule has 0 aliphatic heterocycles. The van der Waals surface area contributed by atoms with Crippen molar-refractivity contribution in [3.05, 3.63) is 58.3 Å². The highest BCUT2D eigenvalue weighted by Gasteiger charge is 2.35. The molecule has 4 aromatic rings. The highest BCUT2D eigenvalue weighted by molar-refractivity contribution is 7.91. The Labute approximate surface area is 237 Å². The molecule has 1 unspecified atom stereocenters. The third-order valence-electron chi connectivity index (χ3n) is 7.51. The smallest absolute Gasteiger partial charge is 0.295 e. The predicted octanol–water partition coefficient (Wildman–Crippen LogP) is 3.41. The third kappa shape index (κ3) is 5.43. The van der Waals surface area contributed by atoms with E-state index in [4.69, 9.17) is 14.7 Å². The lowest BCUT2D eigenvalue weighted by molar-refractivity contribution is 0.162. The van der Waals surface area contributed by atoms with Gasteiger partial charge in [-0.15, -0.1) is 0 Å². The molecule has 0 saturated heterocycles. The molecule has 1 atom stereocenters. The SMILES string of the molecule is CCS(=O)(=O)c1ccc(CNc2nc3cnc(-c4c(C5CC5)ncnc4C4CC4)nc3n(C(C)COC)c2=O)nc1. The number of hydrogen-bond donors (Lipinski definition) is 1. The molecule has 0 spiro atoms. The summed E-state index contributed by atoms with van der Waals surface area (Å²) in [5.41, 5.74) is 3.93. The zero-order valence-corrected chi connectivity index (χ0v) is 24.1. The Morgan fingerprint density at radius 1 is 1.02 bits per heavy atom. The second-order valence-electron chi connectivity index (χ2n) is 10.7.